The van der Waals surface area contributed by atoms with Crippen LogP contribution in [0.15, 0.2) is 0 Å². The third-order valence-corrected chi connectivity index (χ3v) is 2.63. The predicted molar refractivity (Wildman–Crippen MR) is 43.5 cm³/mol. The summed E-state index contributed by atoms with van der Waals surface area (Å²) in [7, 11) is 1.75. The van der Waals surface area contributed by atoms with Crippen LogP contribution < -0.4 is 0 Å². The van der Waals surface area contributed by atoms with E-state index in [4.69, 9.17) is 4.74 Å². The average Bonchev–Trinajstić information content (AvgIpc) is 1.86. The van der Waals surface area contributed by atoms with Crippen LogP contribution in [0.3, 0.4) is 0 Å². The van der Waals surface area contributed by atoms with Crippen LogP contribution in [-0.2, 0) is 9.53 Å². The van der Waals surface area contributed by atoms with Gasteiger partial charge in [0.05, 0.1) is 5.60 Å². The second kappa shape index (κ2) is 3.35. The molecule has 0 aromatic carbocycles. The first-order valence-electron chi connectivity index (χ1n) is 4.23. The fourth-order valence-corrected chi connectivity index (χ4v) is 1.53. The highest BCUT2D eigenvalue weighted by Crippen LogP contribution is 2.38. The largest absolute Gasteiger partial charge is 0.378 e. The minimum absolute atomic E-state index is 0.0751. The van der Waals surface area contributed by atoms with E-state index in [1.807, 2.05) is 0 Å². The lowest BCUT2D eigenvalue weighted by Crippen LogP contribution is -2.39. The number of ketones is 1. The minimum atomic E-state index is 0.0751. The number of hydrogen-bond acceptors (Lipinski definition) is 2. The van der Waals surface area contributed by atoms with Crippen molar-refractivity contribution >= 4 is 5.78 Å². The van der Waals surface area contributed by atoms with Gasteiger partial charge in [0.2, 0.25) is 0 Å². The van der Waals surface area contributed by atoms with Gasteiger partial charge in [0.15, 0.2) is 0 Å². The van der Waals surface area contributed by atoms with Gasteiger partial charge in [-0.05, 0) is 32.6 Å². The Hall–Kier alpha value is -0.370. The van der Waals surface area contributed by atoms with E-state index in [0.29, 0.717) is 6.42 Å². The van der Waals surface area contributed by atoms with E-state index in [-0.39, 0.29) is 11.4 Å². The van der Waals surface area contributed by atoms with Gasteiger partial charge in [-0.2, -0.15) is 0 Å². The first kappa shape index (κ1) is 8.72. The minimum Gasteiger partial charge on any atom is -0.378 e. The lowest BCUT2D eigenvalue weighted by molar-refractivity contribution is -0.121. The second-order valence-electron chi connectivity index (χ2n) is 3.44. The maximum absolute atomic E-state index is 10.7. The Morgan fingerprint density at radius 2 is 2.18 bits per heavy atom. The fourth-order valence-electron chi connectivity index (χ4n) is 1.53. The molecule has 0 aromatic rings. The van der Waals surface area contributed by atoms with E-state index in [2.05, 4.69) is 0 Å². The van der Waals surface area contributed by atoms with Gasteiger partial charge in [-0.15, -0.1) is 0 Å². The molecule has 0 bridgehead atoms. The molecule has 1 rings (SSSR count). The molecular formula is C9H16O2. The Balaban J connectivity index is 2.27. The Morgan fingerprint density at radius 3 is 2.45 bits per heavy atom. The van der Waals surface area contributed by atoms with E-state index in [1.165, 1.54) is 6.42 Å². The molecule has 0 spiro atoms. The highest BCUT2D eigenvalue weighted by atomic mass is 16.5. The van der Waals surface area contributed by atoms with E-state index in [1.54, 1.807) is 14.0 Å². The van der Waals surface area contributed by atoms with Crippen molar-refractivity contribution in [3.8, 4) is 0 Å². The molecule has 1 aliphatic carbocycles. The lowest BCUT2D eigenvalue weighted by atomic mass is 9.76. The van der Waals surface area contributed by atoms with Gasteiger partial charge in [-0.25, -0.2) is 0 Å². The molecule has 2 heteroatoms. The zero-order valence-electron chi connectivity index (χ0n) is 7.35. The summed E-state index contributed by atoms with van der Waals surface area (Å²) in [5, 5.41) is 0. The van der Waals surface area contributed by atoms with Crippen molar-refractivity contribution in [2.24, 2.45) is 0 Å². The molecule has 0 amide bonds. The molecule has 0 heterocycles. The molecule has 1 fully saturated rings. The number of rotatable bonds is 4. The van der Waals surface area contributed by atoms with Gasteiger partial charge in [-0.1, -0.05) is 0 Å². The highest BCUT2D eigenvalue weighted by molar-refractivity contribution is 5.75. The van der Waals surface area contributed by atoms with Gasteiger partial charge < -0.3 is 9.53 Å². The zero-order valence-corrected chi connectivity index (χ0v) is 7.35. The second-order valence-corrected chi connectivity index (χ2v) is 3.44. The summed E-state index contributed by atoms with van der Waals surface area (Å²) in [5.41, 5.74) is 0.0751. The number of carbonyl (C=O) groups is 1. The molecule has 1 saturated carbocycles. The third-order valence-electron chi connectivity index (χ3n) is 2.63. The van der Waals surface area contributed by atoms with E-state index >= 15 is 0 Å². The van der Waals surface area contributed by atoms with Crippen molar-refractivity contribution in [3.63, 3.8) is 0 Å². The number of carbonyl (C=O) groups excluding carboxylic acids is 1. The number of Topliss-reactive ketones (excluding diaryl/α,β-unsaturated/α-hetero) is 1. The van der Waals surface area contributed by atoms with Crippen molar-refractivity contribution < 1.29 is 9.53 Å². The Labute approximate surface area is 67.9 Å². The average molecular weight is 156 g/mol. The molecule has 0 atom stereocenters. The van der Waals surface area contributed by atoms with Crippen LogP contribution in [0, 0.1) is 0 Å². The van der Waals surface area contributed by atoms with Gasteiger partial charge in [0, 0.05) is 13.5 Å². The molecule has 11 heavy (non-hydrogen) atoms. The normalized spacial score (nSPS) is 20.9. The van der Waals surface area contributed by atoms with Crippen LogP contribution in [0.2, 0.25) is 0 Å². The summed E-state index contributed by atoms with van der Waals surface area (Å²) in [6.07, 6.45) is 5.12. The number of hydrogen-bond donors (Lipinski definition) is 0. The molecule has 0 saturated heterocycles. The first-order valence-corrected chi connectivity index (χ1v) is 4.23. The van der Waals surface area contributed by atoms with E-state index in [9.17, 15) is 4.79 Å². The quantitative estimate of drug-likeness (QED) is 0.621. The van der Waals surface area contributed by atoms with E-state index < -0.39 is 0 Å². The first-order chi connectivity index (χ1) is 5.18. The third kappa shape index (κ3) is 2.03. The Bertz CT molecular complexity index is 142. The van der Waals surface area contributed by atoms with Gasteiger partial charge in [0.1, 0.15) is 5.78 Å². The molecule has 0 N–H and O–H groups in total. The summed E-state index contributed by atoms with van der Waals surface area (Å²) >= 11 is 0. The summed E-state index contributed by atoms with van der Waals surface area (Å²) in [6, 6.07) is 0. The van der Waals surface area contributed by atoms with Crippen molar-refractivity contribution in [3.05, 3.63) is 0 Å². The lowest BCUT2D eigenvalue weighted by Gasteiger charge is -2.40. The molecule has 0 unspecified atom stereocenters. The Kier molecular flexibility index (Phi) is 2.66. The Morgan fingerprint density at radius 1 is 1.55 bits per heavy atom. The molecule has 2 nitrogen and oxygen atoms in total. The van der Waals surface area contributed by atoms with Crippen LogP contribution >= 0.6 is 0 Å². The van der Waals surface area contributed by atoms with Gasteiger partial charge in [0.25, 0.3) is 0 Å². The van der Waals surface area contributed by atoms with Crippen LogP contribution in [0.25, 0.3) is 0 Å². The zero-order chi connectivity index (χ0) is 8.32. The summed E-state index contributed by atoms with van der Waals surface area (Å²) in [6.45, 7) is 1.64. The fraction of sp³-hybridized carbons (Fsp3) is 0.889. The van der Waals surface area contributed by atoms with Crippen molar-refractivity contribution in [1.82, 2.24) is 0 Å². The highest BCUT2D eigenvalue weighted by Gasteiger charge is 2.36. The number of ether oxygens (including phenoxy) is 1. The van der Waals surface area contributed by atoms with Crippen LogP contribution in [0.1, 0.15) is 39.0 Å². The topological polar surface area (TPSA) is 26.3 Å². The molecule has 0 aromatic heterocycles. The van der Waals surface area contributed by atoms with Crippen molar-refractivity contribution in [2.45, 2.75) is 44.6 Å². The molecule has 1 aliphatic rings. The van der Waals surface area contributed by atoms with Crippen molar-refractivity contribution in [1.29, 1.82) is 0 Å². The maximum Gasteiger partial charge on any atom is 0.129 e. The molecule has 64 valence electrons. The van der Waals surface area contributed by atoms with Crippen LogP contribution in [-0.4, -0.2) is 18.5 Å². The van der Waals surface area contributed by atoms with Crippen molar-refractivity contribution in [2.75, 3.05) is 7.11 Å². The monoisotopic (exact) mass is 156 g/mol. The van der Waals surface area contributed by atoms with E-state index in [0.717, 1.165) is 19.3 Å². The summed E-state index contributed by atoms with van der Waals surface area (Å²) in [5.74, 6) is 0.272. The van der Waals surface area contributed by atoms with Crippen LogP contribution in [0.5, 0.6) is 0 Å². The standard InChI is InChI=1S/C9H16O2/c1-8(10)4-7-9(11-2)5-3-6-9/h3-7H2,1-2H3. The molecule has 0 radical (unpaired) electrons. The smallest absolute Gasteiger partial charge is 0.129 e. The summed E-state index contributed by atoms with van der Waals surface area (Å²) < 4.78 is 5.37. The van der Waals surface area contributed by atoms with Gasteiger partial charge in [-0.3, -0.25) is 0 Å². The van der Waals surface area contributed by atoms with Crippen LogP contribution in [0.4, 0.5) is 0 Å². The predicted octanol–water partition coefficient (Wildman–Crippen LogP) is 1.92. The molecule has 0 aliphatic heterocycles. The van der Waals surface area contributed by atoms with Gasteiger partial charge >= 0.3 is 0 Å². The number of methoxy groups -OCH3 is 1. The SMILES string of the molecule is COC1(CCC(C)=O)CCC1. The molecular weight excluding hydrogens is 140 g/mol. The maximum atomic E-state index is 10.7. The summed E-state index contributed by atoms with van der Waals surface area (Å²) in [4.78, 5) is 10.7.